The van der Waals surface area contributed by atoms with Gasteiger partial charge in [-0.05, 0) is 120 Å². The fraction of sp³-hybridized carbons (Fsp3) is 0.525. The van der Waals surface area contributed by atoms with E-state index in [9.17, 15) is 4.79 Å². The maximum absolute atomic E-state index is 13.2. The van der Waals surface area contributed by atoms with Crippen LogP contribution in [0.3, 0.4) is 0 Å². The summed E-state index contributed by atoms with van der Waals surface area (Å²) in [5.41, 5.74) is 7.94. The van der Waals surface area contributed by atoms with Crippen molar-refractivity contribution in [2.75, 3.05) is 31.1 Å². The third kappa shape index (κ3) is 5.80. The quantitative estimate of drug-likeness (QED) is 0.174. The van der Waals surface area contributed by atoms with E-state index in [1.807, 2.05) is 24.8 Å². The van der Waals surface area contributed by atoms with Gasteiger partial charge in [0.05, 0.1) is 11.6 Å². The van der Waals surface area contributed by atoms with Gasteiger partial charge in [0, 0.05) is 60.4 Å². The van der Waals surface area contributed by atoms with Crippen LogP contribution in [0.5, 0.6) is 5.75 Å². The summed E-state index contributed by atoms with van der Waals surface area (Å²) in [6, 6.07) is 17.0. The molecular weight excluding hydrogens is 584 g/mol. The molecule has 4 aromatic rings. The first kappa shape index (κ1) is 30.5. The lowest BCUT2D eigenvalue weighted by molar-refractivity contribution is 0.0282. The molecule has 0 unspecified atom stereocenters. The lowest BCUT2D eigenvalue weighted by Gasteiger charge is -2.53. The average Bonchev–Trinajstić information content (AvgIpc) is 3.82. The van der Waals surface area contributed by atoms with Crippen LogP contribution < -0.4 is 9.64 Å². The number of aryl methyl sites for hydroxylation is 1. The monoisotopic (exact) mass is 632 g/mol. The Balaban J connectivity index is 0.960. The van der Waals surface area contributed by atoms with Crippen molar-refractivity contribution >= 4 is 22.5 Å². The molecule has 3 aliphatic carbocycles. The zero-order valence-corrected chi connectivity index (χ0v) is 28.3. The number of aromatic nitrogens is 2. The van der Waals surface area contributed by atoms with Gasteiger partial charge < -0.3 is 19.1 Å². The molecule has 2 aromatic carbocycles. The number of hydrogen-bond donors (Lipinski definition) is 0. The van der Waals surface area contributed by atoms with Crippen molar-refractivity contribution in [1.82, 2.24) is 15.0 Å². The minimum absolute atomic E-state index is 0.0289. The fourth-order valence-corrected chi connectivity index (χ4v) is 8.41. The molecule has 0 atom stereocenters. The van der Waals surface area contributed by atoms with Crippen LogP contribution in [0.15, 0.2) is 53.1 Å². The highest BCUT2D eigenvalue weighted by Crippen LogP contribution is 2.55. The molecule has 1 amide bonds. The summed E-state index contributed by atoms with van der Waals surface area (Å²) in [6.45, 7) is 9.67. The third-order valence-electron chi connectivity index (χ3n) is 11.7. The van der Waals surface area contributed by atoms with E-state index in [2.05, 4.69) is 59.4 Å². The number of carbonyl (C=O) groups is 1. The minimum atomic E-state index is -0.0289. The van der Waals surface area contributed by atoms with Crippen LogP contribution in [-0.2, 0) is 6.42 Å². The van der Waals surface area contributed by atoms with Crippen molar-refractivity contribution in [1.29, 1.82) is 0 Å². The first-order chi connectivity index (χ1) is 22.9. The Labute approximate surface area is 278 Å². The predicted octanol–water partition coefficient (Wildman–Crippen LogP) is 8.73. The van der Waals surface area contributed by atoms with Crippen LogP contribution in [0, 0.1) is 18.3 Å². The molecule has 4 aliphatic rings. The summed E-state index contributed by atoms with van der Waals surface area (Å²) < 4.78 is 12.5. The van der Waals surface area contributed by atoms with Gasteiger partial charge in [-0.25, -0.2) is 4.98 Å². The van der Waals surface area contributed by atoms with Crippen LogP contribution in [0.1, 0.15) is 105 Å². The number of ether oxygens (including phenoxy) is 1. The zero-order chi connectivity index (χ0) is 32.1. The Morgan fingerprint density at radius 1 is 1.02 bits per heavy atom. The molecule has 2 aromatic heterocycles. The predicted molar refractivity (Wildman–Crippen MR) is 186 cm³/mol. The Bertz CT molecular complexity index is 1770. The maximum Gasteiger partial charge on any atom is 0.272 e. The molecule has 0 radical (unpaired) electrons. The average molecular weight is 633 g/mol. The van der Waals surface area contributed by atoms with Crippen molar-refractivity contribution < 1.29 is 14.1 Å². The van der Waals surface area contributed by atoms with E-state index in [0.29, 0.717) is 36.0 Å². The highest BCUT2D eigenvalue weighted by molar-refractivity contribution is 5.98. The Kier molecular flexibility index (Phi) is 7.97. The number of pyridine rings is 1. The molecule has 4 fully saturated rings. The number of fused-ring (bicyclic) bond motifs is 1. The van der Waals surface area contributed by atoms with Crippen molar-refractivity contribution in [3.8, 4) is 17.0 Å². The number of anilines is 1. The van der Waals surface area contributed by atoms with Gasteiger partial charge in [0.1, 0.15) is 22.9 Å². The number of benzene rings is 2. The van der Waals surface area contributed by atoms with Gasteiger partial charge >= 0.3 is 0 Å². The van der Waals surface area contributed by atoms with Gasteiger partial charge in [-0.3, -0.25) is 4.79 Å². The van der Waals surface area contributed by atoms with Crippen molar-refractivity contribution in [2.45, 2.75) is 97.0 Å². The number of amides is 1. The SMILES string of the molecule is CCN(CC)C(=O)c1cc(OC2CCC2)c2cc(N3CCC4(CC3)CC(Cc3c(-c5ccccc5C)noc3C3CC3)C4)ccc2n1. The standard InChI is InChI=1S/C40H48N4O3/c1-4-43(5-2)39(45)35-23-36(46-30-10-8-11-30)32-22-29(15-16-34(32)41-35)44-19-17-40(18-20-44)24-27(25-40)21-33-37(31-12-7-6-9-26(31)3)42-47-38(33)28-13-14-28/h6-7,9,12,15-16,22-23,27-28,30H,4-5,8,10-11,13-14,17-21,24-25H2,1-3H3. The topological polar surface area (TPSA) is 71.7 Å². The molecule has 0 N–H and O–H groups in total. The van der Waals surface area contributed by atoms with E-state index in [1.54, 1.807) is 0 Å². The van der Waals surface area contributed by atoms with Crippen LogP contribution in [-0.4, -0.2) is 53.2 Å². The Hall–Kier alpha value is -3.87. The summed E-state index contributed by atoms with van der Waals surface area (Å²) in [5, 5.41) is 5.65. The number of rotatable bonds is 10. The van der Waals surface area contributed by atoms with Crippen molar-refractivity contribution in [3.63, 3.8) is 0 Å². The number of hydrogen-bond acceptors (Lipinski definition) is 6. The second kappa shape index (κ2) is 12.3. The number of carbonyl (C=O) groups excluding carboxylic acids is 1. The molecule has 7 nitrogen and oxygen atoms in total. The second-order valence-electron chi connectivity index (χ2n) is 14.8. The second-order valence-corrected chi connectivity index (χ2v) is 14.8. The van der Waals surface area contributed by atoms with E-state index in [4.69, 9.17) is 14.2 Å². The van der Waals surface area contributed by atoms with Crippen molar-refractivity contribution in [3.05, 3.63) is 71.1 Å². The van der Waals surface area contributed by atoms with E-state index in [1.165, 1.54) is 67.3 Å². The van der Waals surface area contributed by atoms with Gasteiger partial charge in [0.15, 0.2) is 0 Å². The lowest BCUT2D eigenvalue weighted by atomic mass is 9.56. The highest BCUT2D eigenvalue weighted by Gasteiger charge is 2.46. The largest absolute Gasteiger partial charge is 0.490 e. The summed E-state index contributed by atoms with van der Waals surface area (Å²) in [6.07, 6.45) is 12.2. The molecule has 1 spiro atoms. The van der Waals surface area contributed by atoms with E-state index < -0.39 is 0 Å². The molecule has 3 heterocycles. The van der Waals surface area contributed by atoms with Crippen LogP contribution in [0.25, 0.3) is 22.2 Å². The molecule has 1 saturated heterocycles. The Morgan fingerprint density at radius 3 is 2.47 bits per heavy atom. The summed E-state index contributed by atoms with van der Waals surface area (Å²) in [5.74, 6) is 3.21. The zero-order valence-electron chi connectivity index (χ0n) is 28.3. The first-order valence-corrected chi connectivity index (χ1v) is 18.1. The third-order valence-corrected chi connectivity index (χ3v) is 11.7. The summed E-state index contributed by atoms with van der Waals surface area (Å²) in [7, 11) is 0. The molecule has 0 bridgehead atoms. The van der Waals surface area contributed by atoms with Gasteiger partial charge in [-0.2, -0.15) is 0 Å². The van der Waals surface area contributed by atoms with Gasteiger partial charge in [0.25, 0.3) is 5.91 Å². The van der Waals surface area contributed by atoms with Crippen LogP contribution in [0.2, 0.25) is 0 Å². The molecule has 47 heavy (non-hydrogen) atoms. The molecule has 8 rings (SSSR count). The fourth-order valence-electron chi connectivity index (χ4n) is 8.41. The smallest absolute Gasteiger partial charge is 0.272 e. The normalized spacial score (nSPS) is 19.5. The van der Waals surface area contributed by atoms with Crippen molar-refractivity contribution in [2.24, 2.45) is 11.3 Å². The molecule has 246 valence electrons. The van der Waals surface area contributed by atoms with E-state index >= 15 is 0 Å². The first-order valence-electron chi connectivity index (χ1n) is 18.1. The number of piperidine rings is 1. The van der Waals surface area contributed by atoms with Crippen LogP contribution >= 0.6 is 0 Å². The van der Waals surface area contributed by atoms with Crippen LogP contribution in [0.4, 0.5) is 5.69 Å². The minimum Gasteiger partial charge on any atom is -0.490 e. The number of nitrogens with zero attached hydrogens (tertiary/aromatic N) is 4. The maximum atomic E-state index is 13.2. The molecule has 1 aliphatic heterocycles. The van der Waals surface area contributed by atoms with Gasteiger partial charge in [-0.1, -0.05) is 29.4 Å². The summed E-state index contributed by atoms with van der Waals surface area (Å²) >= 11 is 0. The van der Waals surface area contributed by atoms with Gasteiger partial charge in [0.2, 0.25) is 0 Å². The molecule has 3 saturated carbocycles. The lowest BCUT2D eigenvalue weighted by Crippen LogP contribution is -2.47. The van der Waals surface area contributed by atoms with Gasteiger partial charge in [-0.15, -0.1) is 0 Å². The Morgan fingerprint density at radius 2 is 1.79 bits per heavy atom. The molecular formula is C40H48N4O3. The van der Waals surface area contributed by atoms with E-state index in [0.717, 1.165) is 60.5 Å². The molecule has 7 heteroatoms. The van der Waals surface area contributed by atoms with E-state index in [-0.39, 0.29) is 12.0 Å². The highest BCUT2D eigenvalue weighted by atomic mass is 16.5. The summed E-state index contributed by atoms with van der Waals surface area (Å²) in [4.78, 5) is 22.4.